The minimum absolute atomic E-state index is 0.0845. The van der Waals surface area contributed by atoms with Crippen molar-refractivity contribution in [3.63, 3.8) is 0 Å². The highest BCUT2D eigenvalue weighted by Crippen LogP contribution is 2.11. The van der Waals surface area contributed by atoms with Gasteiger partial charge in [0.15, 0.2) is 0 Å². The Labute approximate surface area is 115 Å². The first-order valence-electron chi connectivity index (χ1n) is 6.81. The van der Waals surface area contributed by atoms with Crippen LogP contribution in [0.15, 0.2) is 0 Å². The second kappa shape index (κ2) is 7.33. The molecule has 0 unspecified atom stereocenters. The molecule has 19 heavy (non-hydrogen) atoms. The first-order valence-corrected chi connectivity index (χ1v) is 6.81. The van der Waals surface area contributed by atoms with Gasteiger partial charge in [0.05, 0.1) is 0 Å². The van der Waals surface area contributed by atoms with E-state index in [1.165, 1.54) is 0 Å². The van der Waals surface area contributed by atoms with E-state index in [-0.39, 0.29) is 11.9 Å². The maximum absolute atomic E-state index is 11.8. The number of amides is 3. The summed E-state index contributed by atoms with van der Waals surface area (Å²) in [4.78, 5) is 28.3. The Kier molecular flexibility index (Phi) is 6.08. The second-order valence-corrected chi connectivity index (χ2v) is 5.43. The Bertz CT molecular complexity index is 307. The van der Waals surface area contributed by atoms with Gasteiger partial charge in [-0.1, -0.05) is 0 Å². The minimum atomic E-state index is 0.0845. The van der Waals surface area contributed by atoms with Crippen LogP contribution >= 0.6 is 0 Å². The van der Waals surface area contributed by atoms with E-state index in [2.05, 4.69) is 5.32 Å². The van der Waals surface area contributed by atoms with E-state index in [0.29, 0.717) is 19.0 Å². The van der Waals surface area contributed by atoms with Crippen molar-refractivity contribution in [2.75, 3.05) is 47.8 Å². The molecule has 1 aliphatic rings. The number of urea groups is 1. The maximum atomic E-state index is 11.8. The van der Waals surface area contributed by atoms with Gasteiger partial charge in [0.1, 0.15) is 0 Å². The van der Waals surface area contributed by atoms with Gasteiger partial charge < -0.3 is 20.0 Å². The molecule has 1 saturated heterocycles. The van der Waals surface area contributed by atoms with E-state index in [1.54, 1.807) is 38.0 Å². The van der Waals surface area contributed by atoms with Gasteiger partial charge in [0.2, 0.25) is 5.91 Å². The number of rotatable bonds is 4. The van der Waals surface area contributed by atoms with Crippen LogP contribution in [0.5, 0.6) is 0 Å². The van der Waals surface area contributed by atoms with Crippen molar-refractivity contribution >= 4 is 11.9 Å². The molecule has 0 aromatic rings. The third-order valence-electron chi connectivity index (χ3n) is 3.42. The van der Waals surface area contributed by atoms with Crippen molar-refractivity contribution in [1.82, 2.24) is 20.0 Å². The van der Waals surface area contributed by atoms with Gasteiger partial charge in [-0.3, -0.25) is 4.79 Å². The lowest BCUT2D eigenvalue weighted by atomic mass is 10.1. The molecule has 0 aliphatic carbocycles. The number of hydrogen-bond acceptors (Lipinski definition) is 3. The summed E-state index contributed by atoms with van der Waals surface area (Å²) in [7, 11) is 7.10. The number of carbonyl (C=O) groups excluding carboxylic acids is 2. The van der Waals surface area contributed by atoms with Crippen molar-refractivity contribution in [3.8, 4) is 0 Å². The highest BCUT2D eigenvalue weighted by molar-refractivity contribution is 5.75. The maximum Gasteiger partial charge on any atom is 0.319 e. The number of carbonyl (C=O) groups is 2. The standard InChI is InChI=1S/C13H26N4O2/c1-15(2)12(18)5-8-14-11-6-9-17(10-7-11)13(19)16(3)4/h11,14H,5-10H2,1-4H3. The average molecular weight is 270 g/mol. The van der Waals surface area contributed by atoms with Crippen LogP contribution in [-0.2, 0) is 4.79 Å². The first kappa shape index (κ1) is 15.8. The van der Waals surface area contributed by atoms with Gasteiger partial charge in [-0.2, -0.15) is 0 Å². The van der Waals surface area contributed by atoms with Crippen LogP contribution < -0.4 is 5.32 Å². The molecule has 0 aromatic heterocycles. The number of nitrogens with one attached hydrogen (secondary N) is 1. The van der Waals surface area contributed by atoms with E-state index in [9.17, 15) is 9.59 Å². The van der Waals surface area contributed by atoms with Crippen LogP contribution in [0.25, 0.3) is 0 Å². The normalized spacial score (nSPS) is 16.3. The molecular weight excluding hydrogens is 244 g/mol. The molecule has 1 rings (SSSR count). The fourth-order valence-electron chi connectivity index (χ4n) is 2.16. The lowest BCUT2D eigenvalue weighted by Gasteiger charge is -2.34. The second-order valence-electron chi connectivity index (χ2n) is 5.43. The summed E-state index contributed by atoms with van der Waals surface area (Å²) in [6, 6.07) is 0.502. The lowest BCUT2D eigenvalue weighted by Crippen LogP contribution is -2.48. The SMILES string of the molecule is CN(C)C(=O)CCNC1CCN(C(=O)N(C)C)CC1. The molecule has 0 saturated carbocycles. The predicted octanol–water partition coefficient (Wildman–Crippen LogP) is 0.200. The Morgan fingerprint density at radius 1 is 1.11 bits per heavy atom. The average Bonchev–Trinajstić information content (AvgIpc) is 2.38. The van der Waals surface area contributed by atoms with Gasteiger partial charge in [0, 0.05) is 60.3 Å². The highest BCUT2D eigenvalue weighted by atomic mass is 16.2. The summed E-state index contributed by atoms with van der Waals surface area (Å²) in [5.74, 6) is 0.146. The summed E-state index contributed by atoms with van der Waals surface area (Å²) in [5.41, 5.74) is 0. The lowest BCUT2D eigenvalue weighted by molar-refractivity contribution is -0.128. The fourth-order valence-corrected chi connectivity index (χ4v) is 2.16. The van der Waals surface area contributed by atoms with Crippen molar-refractivity contribution < 1.29 is 9.59 Å². The quantitative estimate of drug-likeness (QED) is 0.794. The molecule has 1 heterocycles. The molecule has 0 aromatic carbocycles. The van der Waals surface area contributed by atoms with Crippen LogP contribution in [0.4, 0.5) is 4.79 Å². The number of nitrogens with zero attached hydrogens (tertiary/aromatic N) is 3. The van der Waals surface area contributed by atoms with Crippen molar-refractivity contribution in [2.24, 2.45) is 0 Å². The van der Waals surface area contributed by atoms with E-state index in [1.807, 2.05) is 4.90 Å². The monoisotopic (exact) mass is 270 g/mol. The zero-order chi connectivity index (χ0) is 14.4. The summed E-state index contributed by atoms with van der Waals surface area (Å²) >= 11 is 0. The molecule has 0 radical (unpaired) electrons. The third kappa shape index (κ3) is 5.06. The van der Waals surface area contributed by atoms with E-state index in [0.717, 1.165) is 25.9 Å². The van der Waals surface area contributed by atoms with E-state index in [4.69, 9.17) is 0 Å². The fraction of sp³-hybridized carbons (Fsp3) is 0.846. The highest BCUT2D eigenvalue weighted by Gasteiger charge is 2.23. The largest absolute Gasteiger partial charge is 0.349 e. The van der Waals surface area contributed by atoms with Crippen LogP contribution in [0.2, 0.25) is 0 Å². The zero-order valence-electron chi connectivity index (χ0n) is 12.5. The third-order valence-corrected chi connectivity index (χ3v) is 3.42. The molecule has 0 bridgehead atoms. The van der Waals surface area contributed by atoms with Crippen LogP contribution in [0.1, 0.15) is 19.3 Å². The molecule has 6 heteroatoms. The summed E-state index contributed by atoms with van der Waals surface area (Å²) in [6.45, 7) is 2.29. The Balaban J connectivity index is 2.20. The smallest absolute Gasteiger partial charge is 0.319 e. The number of hydrogen-bond donors (Lipinski definition) is 1. The topological polar surface area (TPSA) is 55.9 Å². The zero-order valence-corrected chi connectivity index (χ0v) is 12.5. The molecule has 1 fully saturated rings. The summed E-state index contributed by atoms with van der Waals surface area (Å²) in [6.07, 6.45) is 2.44. The Hall–Kier alpha value is -1.30. The van der Waals surface area contributed by atoms with Gasteiger partial charge in [-0.15, -0.1) is 0 Å². The van der Waals surface area contributed by atoms with Crippen LogP contribution in [0, 0.1) is 0 Å². The van der Waals surface area contributed by atoms with Crippen molar-refractivity contribution in [1.29, 1.82) is 0 Å². The van der Waals surface area contributed by atoms with Gasteiger partial charge in [-0.05, 0) is 12.8 Å². The molecule has 0 spiro atoms. The van der Waals surface area contributed by atoms with E-state index >= 15 is 0 Å². The van der Waals surface area contributed by atoms with Crippen LogP contribution in [0.3, 0.4) is 0 Å². The predicted molar refractivity (Wildman–Crippen MR) is 75.0 cm³/mol. The molecule has 1 N–H and O–H groups in total. The number of likely N-dealkylation sites (tertiary alicyclic amines) is 1. The Morgan fingerprint density at radius 2 is 1.68 bits per heavy atom. The van der Waals surface area contributed by atoms with Gasteiger partial charge in [-0.25, -0.2) is 4.79 Å². The van der Waals surface area contributed by atoms with Crippen molar-refractivity contribution in [2.45, 2.75) is 25.3 Å². The summed E-state index contributed by atoms with van der Waals surface area (Å²) < 4.78 is 0. The number of piperidine rings is 1. The molecule has 3 amide bonds. The molecule has 110 valence electrons. The first-order chi connectivity index (χ1) is 8.91. The van der Waals surface area contributed by atoms with E-state index < -0.39 is 0 Å². The molecule has 1 aliphatic heterocycles. The molecular formula is C13H26N4O2. The Morgan fingerprint density at radius 3 is 2.16 bits per heavy atom. The van der Waals surface area contributed by atoms with Gasteiger partial charge >= 0.3 is 6.03 Å². The molecule has 6 nitrogen and oxygen atoms in total. The molecule has 0 atom stereocenters. The minimum Gasteiger partial charge on any atom is -0.349 e. The summed E-state index contributed by atoms with van der Waals surface area (Å²) in [5, 5.41) is 3.40. The van der Waals surface area contributed by atoms with Crippen LogP contribution in [-0.4, -0.2) is 80.5 Å². The van der Waals surface area contributed by atoms with Gasteiger partial charge in [0.25, 0.3) is 0 Å². The van der Waals surface area contributed by atoms with Crippen molar-refractivity contribution in [3.05, 3.63) is 0 Å².